The molecule has 5 unspecified atom stereocenters. The third-order valence-electron chi connectivity index (χ3n) is 6.83. The second-order valence-electron chi connectivity index (χ2n) is 8.22. The first-order valence-electron chi connectivity index (χ1n) is 9.65. The van der Waals surface area contributed by atoms with E-state index in [2.05, 4.69) is 41.5 Å². The smallest absolute Gasteiger partial charge is 0.161 e. The van der Waals surface area contributed by atoms with Crippen LogP contribution in [-0.2, 0) is 19.0 Å². The van der Waals surface area contributed by atoms with Crippen molar-refractivity contribution in [2.75, 3.05) is 0 Å². The van der Waals surface area contributed by atoms with Crippen molar-refractivity contribution in [1.82, 2.24) is 0 Å². The van der Waals surface area contributed by atoms with Crippen molar-refractivity contribution in [3.8, 4) is 0 Å². The molecule has 2 fully saturated rings. The van der Waals surface area contributed by atoms with Crippen LogP contribution in [0.3, 0.4) is 0 Å². The van der Waals surface area contributed by atoms with Gasteiger partial charge in [-0.15, -0.1) is 0 Å². The molecule has 0 aromatic carbocycles. The van der Waals surface area contributed by atoms with Gasteiger partial charge in [-0.1, -0.05) is 41.5 Å². The van der Waals surface area contributed by atoms with Crippen LogP contribution >= 0.6 is 0 Å². The Labute approximate surface area is 147 Å². The average molecular weight is 341 g/mol. The van der Waals surface area contributed by atoms with Gasteiger partial charge in [0.05, 0.1) is 18.3 Å². The van der Waals surface area contributed by atoms with E-state index >= 15 is 0 Å². The van der Waals surface area contributed by atoms with Gasteiger partial charge in [-0.25, -0.2) is 0 Å². The van der Waals surface area contributed by atoms with Crippen LogP contribution in [0, 0.1) is 29.6 Å². The van der Waals surface area contributed by atoms with E-state index in [-0.39, 0.29) is 36.3 Å². The zero-order valence-corrected chi connectivity index (χ0v) is 16.6. The maximum atomic E-state index is 12.1. The number of Topliss-reactive ketones (excluding diaryl/α,β-unsaturated/α-hetero) is 1. The molecule has 4 heteroatoms. The predicted molar refractivity (Wildman–Crippen MR) is 94.7 cm³/mol. The largest absolute Gasteiger partial charge is 0.364 e. The van der Waals surface area contributed by atoms with E-state index in [0.29, 0.717) is 23.7 Å². The molecule has 10 atom stereocenters. The van der Waals surface area contributed by atoms with E-state index in [9.17, 15) is 4.79 Å². The minimum absolute atomic E-state index is 0.0440. The standard InChI is InChI=1S/C20H36O4/c1-9-17-12(4)10(2)14(6)20(23-17)24-18-13(5)11(3)16(8)22-19(18)15(7)21/h10-14,16-20H,9H2,1-8H3/t10-,11?,12+,13+,14?,16?,17?,18+,19?,20-/m0/s1. The number of ketones is 1. The van der Waals surface area contributed by atoms with Crippen molar-refractivity contribution in [3.05, 3.63) is 0 Å². The summed E-state index contributed by atoms with van der Waals surface area (Å²) in [7, 11) is 0. The summed E-state index contributed by atoms with van der Waals surface area (Å²) >= 11 is 0. The molecule has 2 aliphatic rings. The first kappa shape index (κ1) is 19.9. The van der Waals surface area contributed by atoms with Gasteiger partial charge in [-0.3, -0.25) is 4.79 Å². The van der Waals surface area contributed by atoms with Crippen molar-refractivity contribution in [1.29, 1.82) is 0 Å². The fraction of sp³-hybridized carbons (Fsp3) is 0.950. The number of carbonyl (C=O) groups excluding carboxylic acids is 1. The highest BCUT2D eigenvalue weighted by Crippen LogP contribution is 2.40. The molecule has 2 aliphatic heterocycles. The van der Waals surface area contributed by atoms with Crippen LogP contribution in [0.15, 0.2) is 0 Å². The molecule has 0 saturated carbocycles. The summed E-state index contributed by atoms with van der Waals surface area (Å²) in [5, 5.41) is 0. The Kier molecular flexibility index (Phi) is 6.49. The molecule has 0 bridgehead atoms. The molecule has 0 aliphatic carbocycles. The highest BCUT2D eigenvalue weighted by atomic mass is 16.7. The van der Waals surface area contributed by atoms with E-state index < -0.39 is 6.10 Å². The summed E-state index contributed by atoms with van der Waals surface area (Å²) in [6, 6.07) is 0. The Morgan fingerprint density at radius 1 is 0.875 bits per heavy atom. The molecule has 0 aromatic heterocycles. The van der Waals surface area contributed by atoms with Crippen molar-refractivity contribution < 1.29 is 19.0 Å². The van der Waals surface area contributed by atoms with Crippen molar-refractivity contribution in [3.63, 3.8) is 0 Å². The molecular formula is C20H36O4. The summed E-state index contributed by atoms with van der Waals surface area (Å²) in [4.78, 5) is 12.1. The third kappa shape index (κ3) is 3.71. The van der Waals surface area contributed by atoms with Crippen molar-refractivity contribution in [2.45, 2.75) is 92.5 Å². The molecule has 0 amide bonds. The normalized spacial score (nSPS) is 49.8. The van der Waals surface area contributed by atoms with Gasteiger partial charge in [0.15, 0.2) is 12.1 Å². The molecule has 0 radical (unpaired) electrons. The van der Waals surface area contributed by atoms with Gasteiger partial charge in [0.25, 0.3) is 0 Å². The summed E-state index contributed by atoms with van der Waals surface area (Å²) < 4.78 is 18.7. The van der Waals surface area contributed by atoms with Crippen LogP contribution in [0.5, 0.6) is 0 Å². The van der Waals surface area contributed by atoms with E-state index in [0.717, 1.165) is 6.42 Å². The lowest BCUT2D eigenvalue weighted by Gasteiger charge is -2.48. The van der Waals surface area contributed by atoms with E-state index in [1.165, 1.54) is 0 Å². The van der Waals surface area contributed by atoms with Crippen LogP contribution in [-0.4, -0.2) is 36.5 Å². The van der Waals surface area contributed by atoms with Gasteiger partial charge >= 0.3 is 0 Å². The lowest BCUT2D eigenvalue weighted by molar-refractivity contribution is -0.295. The molecule has 2 heterocycles. The topological polar surface area (TPSA) is 44.8 Å². The van der Waals surface area contributed by atoms with Crippen LogP contribution in [0.2, 0.25) is 0 Å². The summed E-state index contributed by atoms with van der Waals surface area (Å²) in [6.45, 7) is 16.9. The molecule has 140 valence electrons. The van der Waals surface area contributed by atoms with Crippen molar-refractivity contribution >= 4 is 5.78 Å². The first-order valence-corrected chi connectivity index (χ1v) is 9.65. The second kappa shape index (κ2) is 7.84. The second-order valence-corrected chi connectivity index (χ2v) is 8.22. The Morgan fingerprint density at radius 3 is 2.04 bits per heavy atom. The maximum absolute atomic E-state index is 12.1. The van der Waals surface area contributed by atoms with E-state index in [1.807, 2.05) is 6.92 Å². The molecule has 0 aromatic rings. The number of hydrogen-bond donors (Lipinski definition) is 0. The van der Waals surface area contributed by atoms with Gasteiger partial charge in [-0.2, -0.15) is 0 Å². The zero-order valence-electron chi connectivity index (χ0n) is 16.6. The summed E-state index contributed by atoms with van der Waals surface area (Å²) in [6.07, 6.45) is 0.280. The Bertz CT molecular complexity index is 435. The minimum Gasteiger partial charge on any atom is -0.364 e. The van der Waals surface area contributed by atoms with Crippen LogP contribution in [0.1, 0.15) is 61.8 Å². The van der Waals surface area contributed by atoms with Crippen LogP contribution in [0.25, 0.3) is 0 Å². The van der Waals surface area contributed by atoms with Gasteiger partial charge in [-0.05, 0) is 43.9 Å². The van der Waals surface area contributed by atoms with Gasteiger partial charge in [0.1, 0.15) is 6.10 Å². The van der Waals surface area contributed by atoms with Gasteiger partial charge in [0, 0.05) is 5.92 Å². The molecule has 0 N–H and O–H groups in total. The maximum Gasteiger partial charge on any atom is 0.161 e. The van der Waals surface area contributed by atoms with Gasteiger partial charge in [0.2, 0.25) is 0 Å². The average Bonchev–Trinajstić information content (AvgIpc) is 2.54. The molecule has 2 rings (SSSR count). The summed E-state index contributed by atoms with van der Waals surface area (Å²) in [5.41, 5.74) is 0. The number of carbonyl (C=O) groups is 1. The SMILES string of the molecule is CCC1O[C@@H](O[C@H]2C(C(C)=O)OC(C)C(C)[C@H]2C)C(C)[C@@H](C)[C@H]1C. The Morgan fingerprint density at radius 2 is 1.50 bits per heavy atom. The zero-order chi connectivity index (χ0) is 18.2. The molecule has 24 heavy (non-hydrogen) atoms. The highest BCUT2D eigenvalue weighted by Gasteiger charge is 2.46. The van der Waals surface area contributed by atoms with Crippen LogP contribution < -0.4 is 0 Å². The van der Waals surface area contributed by atoms with Crippen LogP contribution in [0.4, 0.5) is 0 Å². The third-order valence-corrected chi connectivity index (χ3v) is 6.83. The van der Waals surface area contributed by atoms with Crippen molar-refractivity contribution in [2.24, 2.45) is 29.6 Å². The number of hydrogen-bond acceptors (Lipinski definition) is 4. The summed E-state index contributed by atoms with van der Waals surface area (Å²) in [5.74, 6) is 2.00. The molecular weight excluding hydrogens is 304 g/mol. The quantitative estimate of drug-likeness (QED) is 0.774. The Balaban J connectivity index is 2.18. The van der Waals surface area contributed by atoms with E-state index in [1.54, 1.807) is 6.92 Å². The first-order chi connectivity index (χ1) is 11.2. The predicted octanol–water partition coefficient (Wildman–Crippen LogP) is 4.06. The molecule has 4 nitrogen and oxygen atoms in total. The monoisotopic (exact) mass is 340 g/mol. The lowest BCUT2D eigenvalue weighted by atomic mass is 9.77. The fourth-order valence-electron chi connectivity index (χ4n) is 4.22. The van der Waals surface area contributed by atoms with E-state index in [4.69, 9.17) is 14.2 Å². The highest BCUT2D eigenvalue weighted by molar-refractivity contribution is 5.81. The number of ether oxygens (including phenoxy) is 3. The Hall–Kier alpha value is -0.450. The fourth-order valence-corrected chi connectivity index (χ4v) is 4.22. The molecule has 2 saturated heterocycles. The lowest BCUT2D eigenvalue weighted by Crippen LogP contribution is -2.56. The van der Waals surface area contributed by atoms with Gasteiger partial charge < -0.3 is 14.2 Å². The number of rotatable bonds is 4. The minimum atomic E-state index is -0.489. The molecule has 0 spiro atoms.